The lowest BCUT2D eigenvalue weighted by Gasteiger charge is -2.56. The van der Waals surface area contributed by atoms with Gasteiger partial charge in [0.2, 0.25) is 5.91 Å². The van der Waals surface area contributed by atoms with Crippen LogP contribution in [0.3, 0.4) is 0 Å². The largest absolute Gasteiger partial charge is 0.351 e. The number of rotatable bonds is 5. The molecule has 4 heteroatoms. The molecule has 0 radical (unpaired) electrons. The zero-order valence-electron chi connectivity index (χ0n) is 16.2. The Balaban J connectivity index is 1.21. The summed E-state index contributed by atoms with van der Waals surface area (Å²) in [6.45, 7) is 2.91. The van der Waals surface area contributed by atoms with Gasteiger partial charge in [-0.25, -0.2) is 0 Å². The van der Waals surface area contributed by atoms with Crippen molar-refractivity contribution in [1.82, 2.24) is 5.32 Å². The minimum Gasteiger partial charge on any atom is -0.351 e. The fourth-order valence-corrected chi connectivity index (χ4v) is 6.54. The third-order valence-corrected chi connectivity index (χ3v) is 7.63. The van der Waals surface area contributed by atoms with Gasteiger partial charge >= 0.3 is 0 Å². The van der Waals surface area contributed by atoms with E-state index in [1.54, 1.807) is 6.07 Å². The van der Waals surface area contributed by atoms with Crippen molar-refractivity contribution in [3.8, 4) is 0 Å². The number of hydrogen-bond acceptors (Lipinski definition) is 2. The van der Waals surface area contributed by atoms with E-state index in [0.29, 0.717) is 16.9 Å². The van der Waals surface area contributed by atoms with Gasteiger partial charge in [0.15, 0.2) is 0 Å². The number of benzene rings is 1. The first-order valence-electron chi connectivity index (χ1n) is 10.7. The van der Waals surface area contributed by atoms with E-state index in [-0.39, 0.29) is 17.7 Å². The number of nitrogens with one attached hydrogen (secondary N) is 2. The van der Waals surface area contributed by atoms with Crippen LogP contribution in [0.15, 0.2) is 24.3 Å². The number of carbonyl (C=O) groups excluding carboxylic acids is 2. The maximum Gasteiger partial charge on any atom is 0.251 e. The van der Waals surface area contributed by atoms with Gasteiger partial charge < -0.3 is 10.6 Å². The average Bonchev–Trinajstić information content (AvgIpc) is 3.36. The Morgan fingerprint density at radius 1 is 1.04 bits per heavy atom. The van der Waals surface area contributed by atoms with E-state index in [9.17, 15) is 9.59 Å². The fourth-order valence-electron chi connectivity index (χ4n) is 6.54. The monoisotopic (exact) mass is 366 g/mol. The van der Waals surface area contributed by atoms with E-state index in [1.165, 1.54) is 38.5 Å². The number of amides is 2. The summed E-state index contributed by atoms with van der Waals surface area (Å²) in [7, 11) is 0. The van der Waals surface area contributed by atoms with E-state index < -0.39 is 0 Å². The van der Waals surface area contributed by atoms with Crippen LogP contribution in [0.2, 0.25) is 0 Å². The molecule has 5 aliphatic rings. The van der Waals surface area contributed by atoms with Crippen molar-refractivity contribution in [2.24, 2.45) is 35.0 Å². The number of hydrogen-bond donors (Lipinski definition) is 2. The smallest absolute Gasteiger partial charge is 0.251 e. The van der Waals surface area contributed by atoms with Crippen LogP contribution in [0.4, 0.5) is 5.69 Å². The average molecular weight is 367 g/mol. The lowest BCUT2D eigenvalue weighted by molar-refractivity contribution is -0.117. The van der Waals surface area contributed by atoms with E-state index in [4.69, 9.17) is 0 Å². The zero-order valence-corrected chi connectivity index (χ0v) is 16.2. The molecule has 5 saturated carbocycles. The predicted molar refractivity (Wildman–Crippen MR) is 105 cm³/mol. The normalized spacial score (nSPS) is 38.5. The van der Waals surface area contributed by atoms with Gasteiger partial charge in [-0.15, -0.1) is 0 Å². The molecule has 27 heavy (non-hydrogen) atoms. The maximum atomic E-state index is 12.8. The van der Waals surface area contributed by atoms with E-state index >= 15 is 0 Å². The van der Waals surface area contributed by atoms with Crippen LogP contribution in [0, 0.1) is 35.0 Å². The first-order valence-corrected chi connectivity index (χ1v) is 10.7. The summed E-state index contributed by atoms with van der Waals surface area (Å²) < 4.78 is 0. The Morgan fingerprint density at radius 3 is 2.26 bits per heavy atom. The molecule has 2 amide bonds. The van der Waals surface area contributed by atoms with Gasteiger partial charge in [0.25, 0.3) is 5.91 Å². The van der Waals surface area contributed by atoms with Crippen molar-refractivity contribution in [2.75, 3.05) is 11.9 Å². The van der Waals surface area contributed by atoms with Crippen molar-refractivity contribution in [1.29, 1.82) is 0 Å². The van der Waals surface area contributed by atoms with Crippen LogP contribution < -0.4 is 10.6 Å². The van der Waals surface area contributed by atoms with E-state index in [1.807, 2.05) is 18.2 Å². The molecule has 0 aromatic heterocycles. The molecule has 5 fully saturated rings. The Bertz CT molecular complexity index is 736. The van der Waals surface area contributed by atoms with Crippen molar-refractivity contribution in [3.63, 3.8) is 0 Å². The van der Waals surface area contributed by atoms with Crippen molar-refractivity contribution in [3.05, 3.63) is 29.8 Å². The van der Waals surface area contributed by atoms with Crippen LogP contribution in [-0.2, 0) is 4.79 Å². The molecule has 0 spiro atoms. The molecule has 2 atom stereocenters. The van der Waals surface area contributed by atoms with E-state index in [0.717, 1.165) is 36.4 Å². The Hall–Kier alpha value is -1.84. The summed E-state index contributed by atoms with van der Waals surface area (Å²) in [6, 6.07) is 7.36. The van der Waals surface area contributed by atoms with Gasteiger partial charge in [-0.1, -0.05) is 13.0 Å². The molecule has 5 aliphatic carbocycles. The van der Waals surface area contributed by atoms with Crippen LogP contribution in [-0.4, -0.2) is 18.4 Å². The lowest BCUT2D eigenvalue weighted by Crippen LogP contribution is -2.51. The van der Waals surface area contributed by atoms with Gasteiger partial charge in [-0.2, -0.15) is 0 Å². The molecule has 144 valence electrons. The summed E-state index contributed by atoms with van der Waals surface area (Å²) in [6.07, 6.45) is 9.15. The molecule has 6 rings (SSSR count). The molecule has 2 N–H and O–H groups in total. The highest BCUT2D eigenvalue weighted by molar-refractivity contribution is 5.98. The van der Waals surface area contributed by atoms with Gasteiger partial charge in [0.1, 0.15) is 0 Å². The third kappa shape index (κ3) is 3.39. The summed E-state index contributed by atoms with van der Waals surface area (Å²) in [5, 5.41) is 6.19. The Morgan fingerprint density at radius 2 is 1.67 bits per heavy atom. The quantitative estimate of drug-likeness (QED) is 0.819. The Labute approximate surface area is 161 Å². The van der Waals surface area contributed by atoms with Gasteiger partial charge in [0, 0.05) is 23.7 Å². The molecule has 4 bridgehead atoms. The Kier molecular flexibility index (Phi) is 4.06. The van der Waals surface area contributed by atoms with Crippen molar-refractivity contribution < 1.29 is 9.59 Å². The van der Waals surface area contributed by atoms with Gasteiger partial charge in [0.05, 0.1) is 0 Å². The highest BCUT2D eigenvalue weighted by Gasteiger charge is 2.50. The highest BCUT2D eigenvalue weighted by atomic mass is 16.2. The highest BCUT2D eigenvalue weighted by Crippen LogP contribution is 2.59. The molecule has 0 saturated heterocycles. The second-order valence-corrected chi connectivity index (χ2v) is 9.99. The van der Waals surface area contributed by atoms with Gasteiger partial charge in [-0.05, 0) is 92.2 Å². The zero-order chi connectivity index (χ0) is 18.6. The van der Waals surface area contributed by atoms with Crippen molar-refractivity contribution >= 4 is 17.5 Å². The summed E-state index contributed by atoms with van der Waals surface area (Å²) in [4.78, 5) is 24.9. The maximum absolute atomic E-state index is 12.8. The van der Waals surface area contributed by atoms with Crippen molar-refractivity contribution in [2.45, 2.75) is 51.9 Å². The van der Waals surface area contributed by atoms with Crippen LogP contribution >= 0.6 is 0 Å². The molecule has 0 heterocycles. The molecular weight excluding hydrogens is 336 g/mol. The first-order chi connectivity index (χ1) is 13.0. The molecular formula is C23H30N2O2. The summed E-state index contributed by atoms with van der Waals surface area (Å²) in [5.74, 6) is 3.38. The lowest BCUT2D eigenvalue weighted by atomic mass is 9.49. The molecule has 4 nitrogen and oxygen atoms in total. The van der Waals surface area contributed by atoms with Gasteiger partial charge in [-0.3, -0.25) is 9.59 Å². The topological polar surface area (TPSA) is 58.2 Å². The fraction of sp³-hybridized carbons (Fsp3) is 0.652. The minimum absolute atomic E-state index is 0.0124. The SMILES string of the molecule is CC1CC1C(=O)Nc1cccc(C(=O)NCC23CC4CC(CC(C4)C2)C3)c1. The second-order valence-electron chi connectivity index (χ2n) is 9.99. The molecule has 0 aliphatic heterocycles. The second kappa shape index (κ2) is 6.35. The molecule has 2 unspecified atom stereocenters. The molecule has 1 aromatic carbocycles. The van der Waals surface area contributed by atoms with Crippen LogP contribution in [0.5, 0.6) is 0 Å². The predicted octanol–water partition coefficient (Wildman–Crippen LogP) is 4.23. The third-order valence-electron chi connectivity index (χ3n) is 7.63. The van der Waals surface area contributed by atoms with Crippen LogP contribution in [0.25, 0.3) is 0 Å². The van der Waals surface area contributed by atoms with E-state index in [2.05, 4.69) is 17.6 Å². The molecule has 1 aromatic rings. The first kappa shape index (κ1) is 17.3. The standard InChI is InChI=1S/C23H30N2O2/c1-14-5-20(14)22(27)25-19-4-2-3-18(9-19)21(26)24-13-23-10-15-6-16(11-23)8-17(7-15)12-23/h2-4,9,14-17,20H,5-8,10-13H2,1H3,(H,24,26)(H,25,27). The van der Waals surface area contributed by atoms with Crippen LogP contribution in [0.1, 0.15) is 62.2 Å². The number of anilines is 1. The minimum atomic E-state index is -0.0124. The number of carbonyl (C=O) groups is 2. The summed E-state index contributed by atoms with van der Waals surface area (Å²) >= 11 is 0. The summed E-state index contributed by atoms with van der Waals surface area (Å²) in [5.41, 5.74) is 1.71.